The molecule has 3 heterocycles. The van der Waals surface area contributed by atoms with Gasteiger partial charge in [0.1, 0.15) is 24.2 Å². The van der Waals surface area contributed by atoms with Gasteiger partial charge in [0, 0.05) is 25.4 Å². The van der Waals surface area contributed by atoms with E-state index >= 15 is 0 Å². The van der Waals surface area contributed by atoms with Crippen molar-refractivity contribution in [1.29, 1.82) is 0 Å². The molecule has 1 aliphatic rings. The first-order valence-corrected chi connectivity index (χ1v) is 9.10. The van der Waals surface area contributed by atoms with Gasteiger partial charge in [0.05, 0.1) is 6.20 Å². The van der Waals surface area contributed by atoms with E-state index in [0.717, 1.165) is 18.4 Å². The van der Waals surface area contributed by atoms with Gasteiger partial charge in [0.2, 0.25) is 11.8 Å². The van der Waals surface area contributed by atoms with Crippen LogP contribution in [0.2, 0.25) is 0 Å². The smallest absolute Gasteiger partial charge is 0.347 e. The van der Waals surface area contributed by atoms with Crippen LogP contribution in [-0.4, -0.2) is 31.9 Å². The Morgan fingerprint density at radius 2 is 2.18 bits per heavy atom. The van der Waals surface area contributed by atoms with Crippen molar-refractivity contribution in [3.63, 3.8) is 0 Å². The summed E-state index contributed by atoms with van der Waals surface area (Å²) in [4.78, 5) is 34.2. The zero-order chi connectivity index (χ0) is 19.5. The van der Waals surface area contributed by atoms with Crippen molar-refractivity contribution >= 4 is 5.91 Å². The summed E-state index contributed by atoms with van der Waals surface area (Å²) in [6.45, 7) is 0.514. The predicted octanol–water partition coefficient (Wildman–Crippen LogP) is 2.32. The third kappa shape index (κ3) is 3.85. The topological polar surface area (TPSA) is 81.2 Å². The average Bonchev–Trinajstić information content (AvgIpc) is 3.33. The van der Waals surface area contributed by atoms with E-state index in [4.69, 9.17) is 4.42 Å². The first-order chi connectivity index (χ1) is 13.6. The molecular formula is C20H19FN4O3. The maximum atomic E-state index is 13.3. The SMILES string of the molecule is O=C(Cn1cccnc1=O)N1CCCC1c1ncc(Cc2cccc(F)c2)o1. The molecule has 1 amide bonds. The zero-order valence-corrected chi connectivity index (χ0v) is 15.1. The summed E-state index contributed by atoms with van der Waals surface area (Å²) in [6, 6.07) is 7.68. The van der Waals surface area contributed by atoms with Crippen molar-refractivity contribution in [2.75, 3.05) is 6.54 Å². The minimum atomic E-state index is -0.458. The quantitative estimate of drug-likeness (QED) is 0.677. The second kappa shape index (κ2) is 7.75. The van der Waals surface area contributed by atoms with Crippen LogP contribution >= 0.6 is 0 Å². The summed E-state index contributed by atoms with van der Waals surface area (Å²) in [6.07, 6.45) is 6.56. The summed E-state index contributed by atoms with van der Waals surface area (Å²) in [7, 11) is 0. The van der Waals surface area contributed by atoms with E-state index in [2.05, 4.69) is 9.97 Å². The molecule has 0 N–H and O–H groups in total. The third-order valence-corrected chi connectivity index (χ3v) is 4.79. The Hall–Kier alpha value is -3.29. The van der Waals surface area contributed by atoms with E-state index in [-0.39, 0.29) is 24.3 Å². The van der Waals surface area contributed by atoms with Crippen LogP contribution in [0.3, 0.4) is 0 Å². The molecule has 1 atom stereocenters. The number of likely N-dealkylation sites (tertiary alicyclic amines) is 1. The Morgan fingerprint density at radius 1 is 1.29 bits per heavy atom. The lowest BCUT2D eigenvalue weighted by molar-refractivity contribution is -0.133. The van der Waals surface area contributed by atoms with Gasteiger partial charge in [-0.25, -0.2) is 19.2 Å². The molecule has 2 aromatic heterocycles. The Labute approximate surface area is 160 Å². The minimum absolute atomic E-state index is 0.0694. The number of amides is 1. The Balaban J connectivity index is 1.48. The van der Waals surface area contributed by atoms with E-state index < -0.39 is 5.69 Å². The van der Waals surface area contributed by atoms with Crippen molar-refractivity contribution < 1.29 is 13.6 Å². The molecule has 28 heavy (non-hydrogen) atoms. The summed E-state index contributed by atoms with van der Waals surface area (Å²) in [5.74, 6) is 0.608. The zero-order valence-electron chi connectivity index (χ0n) is 15.1. The summed E-state index contributed by atoms with van der Waals surface area (Å²) < 4.78 is 20.5. The van der Waals surface area contributed by atoms with E-state index in [0.29, 0.717) is 24.6 Å². The van der Waals surface area contributed by atoms with Gasteiger partial charge < -0.3 is 9.32 Å². The third-order valence-electron chi connectivity index (χ3n) is 4.79. The number of carbonyl (C=O) groups excluding carboxylic acids is 1. The Kier molecular flexibility index (Phi) is 5.01. The van der Waals surface area contributed by atoms with Gasteiger partial charge >= 0.3 is 5.69 Å². The number of nitrogens with zero attached hydrogens (tertiary/aromatic N) is 4. The molecule has 0 bridgehead atoms. The number of aromatic nitrogens is 3. The fourth-order valence-electron chi connectivity index (χ4n) is 3.47. The molecule has 0 saturated carbocycles. The molecule has 1 aliphatic heterocycles. The van der Waals surface area contributed by atoms with Crippen molar-refractivity contribution in [3.05, 3.63) is 82.4 Å². The van der Waals surface area contributed by atoms with Crippen molar-refractivity contribution in [1.82, 2.24) is 19.4 Å². The molecule has 0 aliphatic carbocycles. The molecule has 0 radical (unpaired) electrons. The van der Waals surface area contributed by atoms with Crippen LogP contribution in [-0.2, 0) is 17.8 Å². The lowest BCUT2D eigenvalue weighted by atomic mass is 10.1. The first kappa shape index (κ1) is 18.1. The molecule has 1 aromatic carbocycles. The molecule has 1 saturated heterocycles. The van der Waals surface area contributed by atoms with Crippen LogP contribution in [0.4, 0.5) is 4.39 Å². The van der Waals surface area contributed by atoms with Gasteiger partial charge in [-0.15, -0.1) is 0 Å². The van der Waals surface area contributed by atoms with Gasteiger partial charge in [-0.05, 0) is 36.6 Å². The molecule has 7 nitrogen and oxygen atoms in total. The van der Waals surface area contributed by atoms with Crippen LogP contribution in [0.1, 0.15) is 36.1 Å². The maximum Gasteiger partial charge on any atom is 0.347 e. The summed E-state index contributed by atoms with van der Waals surface area (Å²) >= 11 is 0. The molecule has 1 unspecified atom stereocenters. The summed E-state index contributed by atoms with van der Waals surface area (Å²) in [5, 5.41) is 0. The summed E-state index contributed by atoms with van der Waals surface area (Å²) in [5.41, 5.74) is 0.332. The average molecular weight is 382 g/mol. The first-order valence-electron chi connectivity index (χ1n) is 9.10. The Morgan fingerprint density at radius 3 is 3.00 bits per heavy atom. The lowest BCUT2D eigenvalue weighted by Crippen LogP contribution is -2.36. The largest absolute Gasteiger partial charge is 0.443 e. The fourth-order valence-corrected chi connectivity index (χ4v) is 3.47. The van der Waals surface area contributed by atoms with Crippen LogP contribution in [0.25, 0.3) is 0 Å². The monoisotopic (exact) mass is 382 g/mol. The molecule has 144 valence electrons. The predicted molar refractivity (Wildman–Crippen MR) is 97.9 cm³/mol. The molecule has 3 aromatic rings. The van der Waals surface area contributed by atoms with Gasteiger partial charge in [-0.1, -0.05) is 12.1 Å². The number of carbonyl (C=O) groups is 1. The standard InChI is InChI=1S/C20H19FN4O3/c21-15-5-1-4-14(10-15)11-16-12-23-19(28-16)17-6-2-9-25(17)18(26)13-24-8-3-7-22-20(24)27/h1,3-5,7-8,10,12,17H,2,6,9,11,13H2. The van der Waals surface area contributed by atoms with Gasteiger partial charge in [0.25, 0.3) is 0 Å². The highest BCUT2D eigenvalue weighted by Crippen LogP contribution is 2.32. The van der Waals surface area contributed by atoms with E-state index in [1.165, 1.54) is 22.9 Å². The number of hydrogen-bond acceptors (Lipinski definition) is 5. The normalized spacial score (nSPS) is 16.5. The lowest BCUT2D eigenvalue weighted by Gasteiger charge is -2.22. The number of rotatable bonds is 5. The van der Waals surface area contributed by atoms with Crippen LogP contribution in [0, 0.1) is 5.82 Å². The second-order valence-electron chi connectivity index (χ2n) is 6.75. The molecule has 1 fully saturated rings. The van der Waals surface area contributed by atoms with Crippen LogP contribution in [0.15, 0.2) is 58.1 Å². The van der Waals surface area contributed by atoms with Crippen LogP contribution in [0.5, 0.6) is 0 Å². The molecule has 0 spiro atoms. The highest BCUT2D eigenvalue weighted by atomic mass is 19.1. The molecule has 4 rings (SSSR count). The number of halogens is 1. The van der Waals surface area contributed by atoms with E-state index in [1.807, 2.05) is 6.07 Å². The second-order valence-corrected chi connectivity index (χ2v) is 6.75. The molecular weight excluding hydrogens is 363 g/mol. The number of hydrogen-bond donors (Lipinski definition) is 0. The highest BCUT2D eigenvalue weighted by molar-refractivity contribution is 5.76. The van der Waals surface area contributed by atoms with E-state index in [9.17, 15) is 14.0 Å². The Bertz CT molecular complexity index is 1050. The fraction of sp³-hybridized carbons (Fsp3) is 0.300. The van der Waals surface area contributed by atoms with Gasteiger partial charge in [0.15, 0.2) is 0 Å². The van der Waals surface area contributed by atoms with Gasteiger partial charge in [-0.3, -0.25) is 9.36 Å². The van der Waals surface area contributed by atoms with Crippen molar-refractivity contribution in [2.24, 2.45) is 0 Å². The maximum absolute atomic E-state index is 13.3. The van der Waals surface area contributed by atoms with E-state index in [1.54, 1.807) is 29.4 Å². The van der Waals surface area contributed by atoms with Gasteiger partial charge in [-0.2, -0.15) is 0 Å². The number of benzene rings is 1. The van der Waals surface area contributed by atoms with Crippen molar-refractivity contribution in [3.8, 4) is 0 Å². The number of oxazole rings is 1. The van der Waals surface area contributed by atoms with Crippen LogP contribution < -0.4 is 5.69 Å². The minimum Gasteiger partial charge on any atom is -0.443 e. The van der Waals surface area contributed by atoms with Crippen molar-refractivity contribution in [2.45, 2.75) is 31.8 Å². The highest BCUT2D eigenvalue weighted by Gasteiger charge is 2.33. The molecule has 8 heteroatoms.